The number of nitrogens with zero attached hydrogens (tertiary/aromatic N) is 4. The highest BCUT2D eigenvalue weighted by molar-refractivity contribution is 4.81. The molecule has 0 bridgehead atoms. The third kappa shape index (κ3) is 1.72. The van der Waals surface area contributed by atoms with Gasteiger partial charge in [-0.05, 0) is 16.8 Å². The summed E-state index contributed by atoms with van der Waals surface area (Å²) in [4.78, 5) is 0. The van der Waals surface area contributed by atoms with Crippen LogP contribution in [-0.2, 0) is 12.7 Å². The van der Waals surface area contributed by atoms with Gasteiger partial charge in [-0.2, -0.15) is 0 Å². The van der Waals surface area contributed by atoms with Crippen LogP contribution in [0.4, 0.5) is 13.2 Å². The summed E-state index contributed by atoms with van der Waals surface area (Å²) >= 11 is 0. The van der Waals surface area contributed by atoms with Crippen molar-refractivity contribution in [2.75, 3.05) is 0 Å². The number of tetrazole rings is 1. The van der Waals surface area contributed by atoms with E-state index < -0.39 is 6.30 Å². The molecular formula is C5H7F3N4. The predicted octanol–water partition coefficient (Wildman–Crippen LogP) is 1.10. The summed E-state index contributed by atoms with van der Waals surface area (Å²) in [7, 11) is 0. The molecule has 12 heavy (non-hydrogen) atoms. The van der Waals surface area contributed by atoms with Crippen LogP contribution < -0.4 is 0 Å². The molecule has 0 spiro atoms. The maximum atomic E-state index is 12.0. The highest BCUT2D eigenvalue weighted by atomic mass is 19.4. The molecule has 0 radical (unpaired) electrons. The van der Waals surface area contributed by atoms with Crippen LogP contribution in [0.3, 0.4) is 0 Å². The summed E-state index contributed by atoms with van der Waals surface area (Å²) in [6.45, 7) is 1.76. The number of rotatable bonds is 2. The van der Waals surface area contributed by atoms with E-state index in [2.05, 4.69) is 15.5 Å². The van der Waals surface area contributed by atoms with Crippen LogP contribution in [0, 0.1) is 0 Å². The molecule has 0 fully saturated rings. The lowest BCUT2D eigenvalue weighted by Gasteiger charge is -2.05. The minimum Gasteiger partial charge on any atom is -0.149 e. The molecule has 0 saturated heterocycles. The summed E-state index contributed by atoms with van der Waals surface area (Å²) in [5.74, 6) is -0.148. The van der Waals surface area contributed by atoms with Crippen molar-refractivity contribution in [1.29, 1.82) is 0 Å². The summed E-state index contributed by atoms with van der Waals surface area (Å²) in [6.07, 6.45) is -3.70. The first-order valence-electron chi connectivity index (χ1n) is 3.40. The SMILES string of the molecule is CCCc1nnnn1C(F)(F)F. The van der Waals surface area contributed by atoms with Gasteiger partial charge in [0.1, 0.15) is 0 Å². The standard InChI is InChI=1S/C5H7F3N4/c1-2-3-4-9-10-11-12(4)5(6,7)8/h2-3H2,1H3. The molecule has 0 amide bonds. The summed E-state index contributed by atoms with van der Waals surface area (Å²) in [6, 6.07) is 0. The zero-order valence-corrected chi connectivity index (χ0v) is 6.34. The Bertz CT molecular complexity index is 253. The van der Waals surface area contributed by atoms with E-state index in [9.17, 15) is 13.2 Å². The van der Waals surface area contributed by atoms with Gasteiger partial charge in [0.05, 0.1) is 0 Å². The normalized spacial score (nSPS) is 12.0. The monoisotopic (exact) mass is 180 g/mol. The average molecular weight is 180 g/mol. The van der Waals surface area contributed by atoms with E-state index in [1.54, 1.807) is 6.92 Å². The quantitative estimate of drug-likeness (QED) is 0.684. The fraction of sp³-hybridized carbons (Fsp3) is 0.800. The minimum atomic E-state index is -4.51. The third-order valence-corrected chi connectivity index (χ3v) is 1.25. The summed E-state index contributed by atoms with van der Waals surface area (Å²) in [5.41, 5.74) is 0. The van der Waals surface area contributed by atoms with Gasteiger partial charge in [-0.1, -0.05) is 6.92 Å². The van der Waals surface area contributed by atoms with Gasteiger partial charge < -0.3 is 0 Å². The first-order chi connectivity index (χ1) is 5.55. The van der Waals surface area contributed by atoms with Crippen molar-refractivity contribution in [3.05, 3.63) is 5.82 Å². The second-order valence-corrected chi connectivity index (χ2v) is 2.22. The number of halogens is 3. The van der Waals surface area contributed by atoms with E-state index in [-0.39, 0.29) is 16.9 Å². The van der Waals surface area contributed by atoms with Crippen LogP contribution in [-0.4, -0.2) is 20.2 Å². The van der Waals surface area contributed by atoms with Crippen LogP contribution >= 0.6 is 0 Å². The van der Waals surface area contributed by atoms with E-state index in [4.69, 9.17) is 0 Å². The van der Waals surface area contributed by atoms with Gasteiger partial charge in [-0.25, -0.2) is 0 Å². The molecule has 0 atom stereocenters. The van der Waals surface area contributed by atoms with Crippen molar-refractivity contribution in [2.45, 2.75) is 26.1 Å². The Kier molecular flexibility index (Phi) is 2.30. The van der Waals surface area contributed by atoms with Gasteiger partial charge in [0, 0.05) is 6.42 Å². The van der Waals surface area contributed by atoms with Crippen LogP contribution in [0.5, 0.6) is 0 Å². The van der Waals surface area contributed by atoms with Crippen LogP contribution in [0.25, 0.3) is 0 Å². The van der Waals surface area contributed by atoms with Crippen molar-refractivity contribution < 1.29 is 13.2 Å². The molecular weight excluding hydrogens is 173 g/mol. The average Bonchev–Trinajstić information content (AvgIpc) is 2.34. The Morgan fingerprint density at radius 3 is 2.58 bits per heavy atom. The molecule has 1 rings (SSSR count). The van der Waals surface area contributed by atoms with E-state index in [1.165, 1.54) is 0 Å². The van der Waals surface area contributed by atoms with E-state index >= 15 is 0 Å². The Morgan fingerprint density at radius 1 is 1.42 bits per heavy atom. The number of alkyl halides is 3. The molecule has 0 saturated carbocycles. The Balaban J connectivity index is 2.91. The molecule has 0 aliphatic rings. The molecule has 0 unspecified atom stereocenters. The molecule has 4 nitrogen and oxygen atoms in total. The maximum absolute atomic E-state index is 12.0. The van der Waals surface area contributed by atoms with Crippen molar-refractivity contribution in [3.63, 3.8) is 0 Å². The van der Waals surface area contributed by atoms with E-state index in [0.717, 1.165) is 0 Å². The Labute approximate surface area is 66.4 Å². The van der Waals surface area contributed by atoms with Gasteiger partial charge in [-0.15, -0.1) is 23.0 Å². The van der Waals surface area contributed by atoms with Crippen LogP contribution in [0.15, 0.2) is 0 Å². The topological polar surface area (TPSA) is 43.6 Å². The predicted molar refractivity (Wildman–Crippen MR) is 33.1 cm³/mol. The van der Waals surface area contributed by atoms with Gasteiger partial charge in [0.25, 0.3) is 0 Å². The molecule has 1 aromatic rings. The first-order valence-corrected chi connectivity index (χ1v) is 3.40. The molecule has 0 aliphatic carbocycles. The second-order valence-electron chi connectivity index (χ2n) is 2.22. The number of hydrogen-bond donors (Lipinski definition) is 0. The molecule has 0 aliphatic heterocycles. The fourth-order valence-electron chi connectivity index (χ4n) is 0.782. The maximum Gasteiger partial charge on any atom is 0.507 e. The second kappa shape index (κ2) is 3.08. The lowest BCUT2D eigenvalue weighted by molar-refractivity contribution is -0.214. The highest BCUT2D eigenvalue weighted by Gasteiger charge is 2.35. The molecule has 1 heterocycles. The molecule has 0 N–H and O–H groups in total. The smallest absolute Gasteiger partial charge is 0.149 e. The van der Waals surface area contributed by atoms with E-state index in [0.29, 0.717) is 6.42 Å². The lowest BCUT2D eigenvalue weighted by atomic mass is 10.3. The van der Waals surface area contributed by atoms with Crippen molar-refractivity contribution in [1.82, 2.24) is 20.2 Å². The molecule has 68 valence electrons. The Morgan fingerprint density at radius 2 is 2.08 bits per heavy atom. The molecule has 1 aromatic heterocycles. The highest BCUT2D eigenvalue weighted by Crippen LogP contribution is 2.21. The number of hydrogen-bond acceptors (Lipinski definition) is 3. The van der Waals surface area contributed by atoms with Gasteiger partial charge in [0.15, 0.2) is 5.82 Å². The fourth-order valence-corrected chi connectivity index (χ4v) is 0.782. The van der Waals surface area contributed by atoms with Crippen molar-refractivity contribution in [2.24, 2.45) is 0 Å². The van der Waals surface area contributed by atoms with Gasteiger partial charge in [0.2, 0.25) is 0 Å². The third-order valence-electron chi connectivity index (χ3n) is 1.25. The van der Waals surface area contributed by atoms with Crippen LogP contribution in [0.2, 0.25) is 0 Å². The van der Waals surface area contributed by atoms with Gasteiger partial charge in [-0.3, -0.25) is 0 Å². The molecule has 0 aromatic carbocycles. The first kappa shape index (κ1) is 8.95. The number of aromatic nitrogens is 4. The van der Waals surface area contributed by atoms with Gasteiger partial charge >= 0.3 is 6.30 Å². The largest absolute Gasteiger partial charge is 0.507 e. The number of aryl methyl sites for hydroxylation is 1. The zero-order valence-electron chi connectivity index (χ0n) is 6.34. The Hall–Kier alpha value is -1.14. The van der Waals surface area contributed by atoms with Crippen LogP contribution in [0.1, 0.15) is 19.2 Å². The summed E-state index contributed by atoms with van der Waals surface area (Å²) in [5, 5.41) is 9.04. The van der Waals surface area contributed by atoms with E-state index in [1.807, 2.05) is 0 Å². The summed E-state index contributed by atoms with van der Waals surface area (Å²) < 4.78 is 36.0. The zero-order chi connectivity index (χ0) is 9.19. The van der Waals surface area contributed by atoms with Crippen molar-refractivity contribution >= 4 is 0 Å². The minimum absolute atomic E-state index is 0.115. The van der Waals surface area contributed by atoms with Crippen molar-refractivity contribution in [3.8, 4) is 0 Å². The lowest BCUT2D eigenvalue weighted by Crippen LogP contribution is -2.21. The molecule has 7 heteroatoms.